The molecule has 1 fully saturated rings. The molecule has 1 aliphatic heterocycles. The van der Waals surface area contributed by atoms with Crippen molar-refractivity contribution in [3.63, 3.8) is 0 Å². The van der Waals surface area contributed by atoms with E-state index < -0.39 is 15.8 Å². The molecule has 2 heterocycles. The lowest BCUT2D eigenvalue weighted by Crippen LogP contribution is -2.31. The van der Waals surface area contributed by atoms with Crippen LogP contribution in [0.4, 0.5) is 10.1 Å². The summed E-state index contributed by atoms with van der Waals surface area (Å²) in [6, 6.07) is 7.07. The van der Waals surface area contributed by atoms with Gasteiger partial charge in [-0.05, 0) is 43.2 Å². The molecular formula is C14H16FN3O2S. The van der Waals surface area contributed by atoms with E-state index in [1.54, 1.807) is 6.20 Å². The van der Waals surface area contributed by atoms with Crippen molar-refractivity contribution in [3.05, 3.63) is 48.0 Å². The normalized spacial score (nSPS) is 20.0. The summed E-state index contributed by atoms with van der Waals surface area (Å²) in [4.78, 5) is 2.99. The van der Waals surface area contributed by atoms with Crippen LogP contribution in [0.3, 0.4) is 0 Å². The first kappa shape index (κ1) is 14.1. The quantitative estimate of drug-likeness (QED) is 0.854. The minimum absolute atomic E-state index is 0.0590. The fourth-order valence-corrected chi connectivity index (χ4v) is 4.38. The monoisotopic (exact) mass is 309 g/mol. The zero-order valence-electron chi connectivity index (χ0n) is 11.3. The third-order valence-corrected chi connectivity index (χ3v) is 5.67. The number of hydrogen-bond acceptors (Lipinski definition) is 3. The predicted octanol–water partition coefficient (Wildman–Crippen LogP) is 2.26. The van der Waals surface area contributed by atoms with Gasteiger partial charge >= 0.3 is 0 Å². The summed E-state index contributed by atoms with van der Waals surface area (Å²) in [7, 11) is -3.74. The minimum atomic E-state index is -3.74. The number of aromatic nitrogens is 1. The second-order valence-electron chi connectivity index (χ2n) is 5.08. The summed E-state index contributed by atoms with van der Waals surface area (Å²) < 4.78 is 40.4. The lowest BCUT2D eigenvalue weighted by molar-refractivity contribution is 0.391. The number of nitrogen functional groups attached to an aromatic ring is 1. The van der Waals surface area contributed by atoms with Gasteiger partial charge in [-0.25, -0.2) is 12.8 Å². The molecule has 1 aromatic carbocycles. The molecule has 5 nitrogen and oxygen atoms in total. The average Bonchev–Trinajstić information content (AvgIpc) is 3.11. The summed E-state index contributed by atoms with van der Waals surface area (Å²) in [6.07, 6.45) is 3.29. The molecule has 0 radical (unpaired) electrons. The average molecular weight is 309 g/mol. The second-order valence-corrected chi connectivity index (χ2v) is 6.97. The first-order chi connectivity index (χ1) is 10.00. The minimum Gasteiger partial charge on any atom is -0.396 e. The molecule has 21 heavy (non-hydrogen) atoms. The van der Waals surface area contributed by atoms with E-state index in [-0.39, 0.29) is 16.6 Å². The molecule has 0 spiro atoms. The Morgan fingerprint density at radius 1 is 1.33 bits per heavy atom. The number of nitrogens with one attached hydrogen (secondary N) is 1. The maximum absolute atomic E-state index is 13.6. The van der Waals surface area contributed by atoms with E-state index in [1.165, 1.54) is 16.4 Å². The molecular weight excluding hydrogens is 293 g/mol. The van der Waals surface area contributed by atoms with Gasteiger partial charge in [-0.15, -0.1) is 0 Å². The Kier molecular flexibility index (Phi) is 3.46. The van der Waals surface area contributed by atoms with Crippen LogP contribution in [0.15, 0.2) is 41.4 Å². The van der Waals surface area contributed by atoms with Gasteiger partial charge in [-0.2, -0.15) is 4.31 Å². The molecule has 3 rings (SSSR count). The van der Waals surface area contributed by atoms with Crippen LogP contribution in [-0.4, -0.2) is 24.3 Å². The van der Waals surface area contributed by atoms with Gasteiger partial charge in [0.05, 0.1) is 16.6 Å². The molecule has 1 atom stereocenters. The highest BCUT2D eigenvalue weighted by molar-refractivity contribution is 7.89. The first-order valence-electron chi connectivity index (χ1n) is 6.70. The van der Waals surface area contributed by atoms with Crippen LogP contribution in [0, 0.1) is 5.82 Å². The number of H-pyrrole nitrogens is 1. The molecule has 0 bridgehead atoms. The van der Waals surface area contributed by atoms with Crippen LogP contribution in [0.1, 0.15) is 24.6 Å². The standard InChI is InChI=1S/C14H16FN3O2S/c15-11-9-10(5-6-12(11)16)21(19,20)18-8-2-4-14(18)13-3-1-7-17-13/h1,3,5-7,9,14,17H,2,4,8,16H2. The number of rotatable bonds is 3. The lowest BCUT2D eigenvalue weighted by atomic mass is 10.2. The van der Waals surface area contributed by atoms with Crippen LogP contribution >= 0.6 is 0 Å². The van der Waals surface area contributed by atoms with Crippen molar-refractivity contribution in [1.82, 2.24) is 9.29 Å². The second kappa shape index (κ2) is 5.16. The van der Waals surface area contributed by atoms with Crippen molar-refractivity contribution in [1.29, 1.82) is 0 Å². The molecule has 1 unspecified atom stereocenters. The van der Waals surface area contributed by atoms with E-state index in [4.69, 9.17) is 5.73 Å². The Labute approximate surface area is 122 Å². The Morgan fingerprint density at radius 2 is 2.14 bits per heavy atom. The number of benzene rings is 1. The van der Waals surface area contributed by atoms with Crippen molar-refractivity contribution >= 4 is 15.7 Å². The zero-order valence-corrected chi connectivity index (χ0v) is 12.1. The highest BCUT2D eigenvalue weighted by Crippen LogP contribution is 2.36. The van der Waals surface area contributed by atoms with Crippen LogP contribution < -0.4 is 5.73 Å². The number of sulfonamides is 1. The summed E-state index contributed by atoms with van der Waals surface area (Å²) in [6.45, 7) is 0.429. The number of aromatic amines is 1. The van der Waals surface area contributed by atoms with Gasteiger partial charge in [0, 0.05) is 18.4 Å². The molecule has 0 aliphatic carbocycles. The Hall–Kier alpha value is -1.86. The third kappa shape index (κ3) is 2.43. The molecule has 0 amide bonds. The van der Waals surface area contributed by atoms with Crippen LogP contribution in [0.5, 0.6) is 0 Å². The van der Waals surface area contributed by atoms with Crippen LogP contribution in [-0.2, 0) is 10.0 Å². The molecule has 7 heteroatoms. The van der Waals surface area contributed by atoms with Gasteiger partial charge in [0.2, 0.25) is 10.0 Å². The summed E-state index contributed by atoms with van der Waals surface area (Å²) in [5, 5.41) is 0. The van der Waals surface area contributed by atoms with Gasteiger partial charge in [0.1, 0.15) is 5.82 Å². The maximum Gasteiger partial charge on any atom is 0.243 e. The van der Waals surface area contributed by atoms with Gasteiger partial charge in [0.15, 0.2) is 0 Å². The van der Waals surface area contributed by atoms with Crippen LogP contribution in [0.25, 0.3) is 0 Å². The number of nitrogens with zero attached hydrogens (tertiary/aromatic N) is 1. The van der Waals surface area contributed by atoms with Crippen molar-refractivity contribution < 1.29 is 12.8 Å². The van der Waals surface area contributed by atoms with E-state index in [0.717, 1.165) is 24.6 Å². The van der Waals surface area contributed by atoms with E-state index in [2.05, 4.69) is 4.98 Å². The van der Waals surface area contributed by atoms with Gasteiger partial charge in [0.25, 0.3) is 0 Å². The molecule has 112 valence electrons. The lowest BCUT2D eigenvalue weighted by Gasteiger charge is -2.23. The molecule has 3 N–H and O–H groups in total. The van der Waals surface area contributed by atoms with Gasteiger partial charge < -0.3 is 10.7 Å². The maximum atomic E-state index is 13.6. The van der Waals surface area contributed by atoms with E-state index in [1.807, 2.05) is 12.1 Å². The predicted molar refractivity (Wildman–Crippen MR) is 77.5 cm³/mol. The van der Waals surface area contributed by atoms with E-state index >= 15 is 0 Å². The van der Waals surface area contributed by atoms with Crippen molar-refractivity contribution in [2.45, 2.75) is 23.8 Å². The highest BCUT2D eigenvalue weighted by atomic mass is 32.2. The van der Waals surface area contributed by atoms with Gasteiger partial charge in [-0.3, -0.25) is 0 Å². The highest BCUT2D eigenvalue weighted by Gasteiger charge is 2.36. The van der Waals surface area contributed by atoms with Crippen molar-refractivity contribution in [3.8, 4) is 0 Å². The van der Waals surface area contributed by atoms with E-state index in [9.17, 15) is 12.8 Å². The Morgan fingerprint density at radius 3 is 2.81 bits per heavy atom. The van der Waals surface area contributed by atoms with Gasteiger partial charge in [-0.1, -0.05) is 0 Å². The topological polar surface area (TPSA) is 79.2 Å². The Balaban J connectivity index is 1.99. The fraction of sp³-hybridized carbons (Fsp3) is 0.286. The summed E-state index contributed by atoms with van der Waals surface area (Å²) in [5.41, 5.74) is 6.20. The molecule has 1 aliphatic rings. The van der Waals surface area contributed by atoms with E-state index in [0.29, 0.717) is 6.54 Å². The SMILES string of the molecule is Nc1ccc(S(=O)(=O)N2CCCC2c2ccc[nH]2)cc1F. The first-order valence-corrected chi connectivity index (χ1v) is 8.14. The molecule has 1 aromatic heterocycles. The number of anilines is 1. The third-order valence-electron chi connectivity index (χ3n) is 3.76. The summed E-state index contributed by atoms with van der Waals surface area (Å²) >= 11 is 0. The smallest absolute Gasteiger partial charge is 0.243 e. The largest absolute Gasteiger partial charge is 0.396 e. The number of halogens is 1. The summed E-state index contributed by atoms with van der Waals surface area (Å²) in [5.74, 6) is -0.716. The molecule has 1 saturated heterocycles. The number of hydrogen-bond donors (Lipinski definition) is 2. The van der Waals surface area contributed by atoms with Crippen LogP contribution in [0.2, 0.25) is 0 Å². The Bertz CT molecular complexity index is 744. The molecule has 2 aromatic rings. The fourth-order valence-electron chi connectivity index (χ4n) is 2.69. The zero-order chi connectivity index (χ0) is 15.0. The van der Waals surface area contributed by atoms with Crippen molar-refractivity contribution in [2.24, 2.45) is 0 Å². The molecule has 0 saturated carbocycles. The number of nitrogens with two attached hydrogens (primary N) is 1. The van der Waals surface area contributed by atoms with Crippen molar-refractivity contribution in [2.75, 3.05) is 12.3 Å².